The van der Waals surface area contributed by atoms with E-state index in [1.165, 1.54) is 0 Å². The summed E-state index contributed by atoms with van der Waals surface area (Å²) in [6, 6.07) is 13.0. The molecule has 1 fully saturated rings. The lowest BCUT2D eigenvalue weighted by Gasteiger charge is -2.27. The Labute approximate surface area is 205 Å². The molecule has 3 aromatic carbocycles. The first-order valence-corrected chi connectivity index (χ1v) is 12.6. The molecule has 3 aromatic rings. The van der Waals surface area contributed by atoms with Crippen molar-refractivity contribution >= 4 is 0 Å². The van der Waals surface area contributed by atoms with E-state index in [9.17, 15) is 13.2 Å². The van der Waals surface area contributed by atoms with E-state index in [-0.39, 0.29) is 17.0 Å². The van der Waals surface area contributed by atoms with Crippen molar-refractivity contribution < 1.29 is 17.6 Å². The molecule has 0 nitrogen and oxygen atoms in total. The second kappa shape index (κ2) is 11.2. The first kappa shape index (κ1) is 25.2. The fourth-order valence-electron chi connectivity index (χ4n) is 5.03. The van der Waals surface area contributed by atoms with Crippen LogP contribution < -0.4 is 0 Å². The third-order valence-electron chi connectivity index (χ3n) is 7.22. The highest BCUT2D eigenvalue weighted by atomic mass is 19.2. The van der Waals surface area contributed by atoms with Crippen molar-refractivity contribution in [1.29, 1.82) is 0 Å². The molecule has 0 bridgehead atoms. The summed E-state index contributed by atoms with van der Waals surface area (Å²) >= 11 is 0. The molecule has 0 unspecified atom stereocenters. The highest BCUT2D eigenvalue weighted by Crippen LogP contribution is 2.39. The minimum Gasteiger partial charge on any atom is -0.203 e. The maximum atomic E-state index is 15.0. The predicted octanol–water partition coefficient (Wildman–Crippen LogP) is 9.77. The van der Waals surface area contributed by atoms with Gasteiger partial charge in [0.1, 0.15) is 0 Å². The zero-order valence-corrected chi connectivity index (χ0v) is 20.4. The van der Waals surface area contributed by atoms with Crippen molar-refractivity contribution in [2.45, 2.75) is 64.7 Å². The molecule has 4 heteroatoms. The monoisotopic (exact) mass is 480 g/mol. The minimum atomic E-state index is -0.891. The average molecular weight is 481 g/mol. The summed E-state index contributed by atoms with van der Waals surface area (Å²) in [5.74, 6) is -2.67. The topological polar surface area (TPSA) is 0 Å². The lowest BCUT2D eigenvalue weighted by atomic mass is 9.79. The number of benzene rings is 3. The van der Waals surface area contributed by atoms with Gasteiger partial charge >= 0.3 is 0 Å². The molecule has 1 aliphatic carbocycles. The van der Waals surface area contributed by atoms with Gasteiger partial charge in [0.15, 0.2) is 23.3 Å². The lowest BCUT2D eigenvalue weighted by molar-refractivity contribution is 0.339. The average Bonchev–Trinajstić information content (AvgIpc) is 2.87. The van der Waals surface area contributed by atoms with Gasteiger partial charge in [-0.1, -0.05) is 87.4 Å². The second-order valence-corrected chi connectivity index (χ2v) is 9.68. The van der Waals surface area contributed by atoms with Crippen LogP contribution in [0, 0.1) is 29.2 Å². The molecule has 0 N–H and O–H groups in total. The van der Waals surface area contributed by atoms with E-state index >= 15 is 4.39 Å². The van der Waals surface area contributed by atoms with E-state index in [0.717, 1.165) is 32.1 Å². The van der Waals surface area contributed by atoms with Gasteiger partial charge < -0.3 is 0 Å². The van der Waals surface area contributed by atoms with Crippen molar-refractivity contribution in [2.24, 2.45) is 5.92 Å². The zero-order valence-electron chi connectivity index (χ0n) is 20.4. The standard InChI is InChI=1S/C31H32F4/c1-3-4-5-6-7-24-16-17-25(29(33)28(24)32)22-12-14-23(15-13-22)27-19-18-26(30(34)31(27)35)21-10-8-20(2)9-11-21/h4-5,12-21H,3,6-11H2,1-2H3/b5-4+. The maximum absolute atomic E-state index is 15.0. The summed E-state index contributed by atoms with van der Waals surface area (Å²) in [6.45, 7) is 4.22. The fraction of sp³-hybridized carbons (Fsp3) is 0.355. The Bertz CT molecular complexity index is 1190. The van der Waals surface area contributed by atoms with E-state index in [0.29, 0.717) is 41.0 Å². The Hall–Kier alpha value is -2.88. The molecular formula is C31H32F4. The maximum Gasteiger partial charge on any atom is 0.166 e. The first-order chi connectivity index (χ1) is 16.9. The molecule has 0 radical (unpaired) electrons. The Morgan fingerprint density at radius 2 is 1.26 bits per heavy atom. The highest BCUT2D eigenvalue weighted by Gasteiger charge is 2.25. The van der Waals surface area contributed by atoms with Crippen molar-refractivity contribution in [3.63, 3.8) is 0 Å². The minimum absolute atomic E-state index is 0.0561. The quantitative estimate of drug-likeness (QED) is 0.233. The number of halogens is 4. The van der Waals surface area contributed by atoms with Crippen LogP contribution in [0.3, 0.4) is 0 Å². The van der Waals surface area contributed by atoms with Crippen molar-refractivity contribution in [1.82, 2.24) is 0 Å². The zero-order chi connectivity index (χ0) is 24.9. The Kier molecular flexibility index (Phi) is 8.10. The van der Waals surface area contributed by atoms with Crippen LogP contribution >= 0.6 is 0 Å². The second-order valence-electron chi connectivity index (χ2n) is 9.68. The van der Waals surface area contributed by atoms with Gasteiger partial charge in [0, 0.05) is 11.1 Å². The first-order valence-electron chi connectivity index (χ1n) is 12.6. The van der Waals surface area contributed by atoms with E-state index in [1.54, 1.807) is 48.5 Å². The molecule has 0 amide bonds. The molecule has 0 heterocycles. The summed E-state index contributed by atoms with van der Waals surface area (Å²) < 4.78 is 59.4. The summed E-state index contributed by atoms with van der Waals surface area (Å²) in [4.78, 5) is 0. The third kappa shape index (κ3) is 5.52. The largest absolute Gasteiger partial charge is 0.203 e. The number of rotatable bonds is 7. The van der Waals surface area contributed by atoms with Gasteiger partial charge in [-0.25, -0.2) is 17.6 Å². The van der Waals surface area contributed by atoms with Crippen molar-refractivity contribution in [3.8, 4) is 22.3 Å². The Morgan fingerprint density at radius 3 is 1.86 bits per heavy atom. The molecule has 35 heavy (non-hydrogen) atoms. The molecule has 184 valence electrons. The van der Waals surface area contributed by atoms with Crippen LogP contribution in [0.4, 0.5) is 17.6 Å². The fourth-order valence-corrected chi connectivity index (χ4v) is 5.03. The van der Waals surface area contributed by atoms with Crippen LogP contribution in [-0.4, -0.2) is 0 Å². The number of hydrogen-bond acceptors (Lipinski definition) is 0. The van der Waals surface area contributed by atoms with Gasteiger partial charge in [0.2, 0.25) is 0 Å². The van der Waals surface area contributed by atoms with Crippen LogP contribution in [0.2, 0.25) is 0 Å². The van der Waals surface area contributed by atoms with E-state index < -0.39 is 23.3 Å². The molecular weight excluding hydrogens is 448 g/mol. The van der Waals surface area contributed by atoms with Gasteiger partial charge in [0.05, 0.1) is 0 Å². The molecule has 1 saturated carbocycles. The number of aryl methyl sites for hydroxylation is 1. The summed E-state index contributed by atoms with van der Waals surface area (Å²) in [5.41, 5.74) is 2.09. The molecule has 0 saturated heterocycles. The molecule has 4 rings (SSSR count). The van der Waals surface area contributed by atoms with E-state index in [2.05, 4.69) is 6.92 Å². The van der Waals surface area contributed by atoms with E-state index in [1.807, 2.05) is 19.1 Å². The van der Waals surface area contributed by atoms with Crippen LogP contribution in [0.5, 0.6) is 0 Å². The van der Waals surface area contributed by atoms with Crippen LogP contribution in [0.1, 0.15) is 69.4 Å². The van der Waals surface area contributed by atoms with E-state index in [4.69, 9.17) is 0 Å². The summed E-state index contributed by atoms with van der Waals surface area (Å²) in [6.07, 6.45) is 9.78. The van der Waals surface area contributed by atoms with Gasteiger partial charge in [-0.05, 0) is 66.2 Å². The van der Waals surface area contributed by atoms with Crippen molar-refractivity contribution in [2.75, 3.05) is 0 Å². The lowest BCUT2D eigenvalue weighted by Crippen LogP contribution is -2.13. The third-order valence-corrected chi connectivity index (χ3v) is 7.22. The smallest absolute Gasteiger partial charge is 0.166 e. The van der Waals surface area contributed by atoms with Crippen LogP contribution in [-0.2, 0) is 6.42 Å². The summed E-state index contributed by atoms with van der Waals surface area (Å²) in [7, 11) is 0. The number of hydrogen-bond donors (Lipinski definition) is 0. The predicted molar refractivity (Wildman–Crippen MR) is 135 cm³/mol. The molecule has 0 spiro atoms. The van der Waals surface area contributed by atoms with Crippen LogP contribution in [0.25, 0.3) is 22.3 Å². The van der Waals surface area contributed by atoms with Gasteiger partial charge in [-0.2, -0.15) is 0 Å². The van der Waals surface area contributed by atoms with Gasteiger partial charge in [-0.15, -0.1) is 0 Å². The summed E-state index contributed by atoms with van der Waals surface area (Å²) in [5, 5.41) is 0. The van der Waals surface area contributed by atoms with Gasteiger partial charge in [0.25, 0.3) is 0 Å². The van der Waals surface area contributed by atoms with Crippen molar-refractivity contribution in [3.05, 3.63) is 95.1 Å². The molecule has 0 aliphatic heterocycles. The Morgan fingerprint density at radius 1 is 0.686 bits per heavy atom. The molecule has 0 aromatic heterocycles. The van der Waals surface area contributed by atoms with Gasteiger partial charge in [-0.3, -0.25) is 0 Å². The normalized spacial score (nSPS) is 18.3. The SMILES string of the molecule is CC/C=C/CCc1ccc(-c2ccc(-c3ccc(C4CCC(C)CC4)c(F)c3F)cc2)c(F)c1F. The molecule has 0 atom stereocenters. The van der Waals surface area contributed by atoms with Crippen LogP contribution in [0.15, 0.2) is 60.7 Å². The Balaban J connectivity index is 1.55. The number of allylic oxidation sites excluding steroid dienone is 2. The molecule has 1 aliphatic rings. The highest BCUT2D eigenvalue weighted by molar-refractivity contribution is 5.71.